The zero-order valence-corrected chi connectivity index (χ0v) is 12.3. The van der Waals surface area contributed by atoms with Gasteiger partial charge in [0, 0.05) is 35.6 Å². The Kier molecular flexibility index (Phi) is 2.63. The maximum Gasteiger partial charge on any atom is 0.259 e. The number of amides is 1. The number of carbonyl (C=O) groups excluding carboxylic acids is 1. The van der Waals surface area contributed by atoms with Crippen molar-refractivity contribution in [3.8, 4) is 0 Å². The van der Waals surface area contributed by atoms with E-state index in [0.29, 0.717) is 11.4 Å². The van der Waals surface area contributed by atoms with Crippen LogP contribution in [-0.2, 0) is 11.8 Å². The van der Waals surface area contributed by atoms with E-state index in [1.54, 1.807) is 12.4 Å². The summed E-state index contributed by atoms with van der Waals surface area (Å²) < 4.78 is 1.97. The summed E-state index contributed by atoms with van der Waals surface area (Å²) in [7, 11) is 1.94. The minimum absolute atomic E-state index is 0.122. The van der Waals surface area contributed by atoms with E-state index in [2.05, 4.69) is 15.3 Å². The molecular formula is C17H14N4O. The number of fused-ring (bicyclic) bond motifs is 2. The maximum absolute atomic E-state index is 12.5. The molecule has 3 aromatic heterocycles. The van der Waals surface area contributed by atoms with Crippen LogP contribution in [0.15, 0.2) is 36.7 Å². The Hall–Kier alpha value is -2.95. The van der Waals surface area contributed by atoms with Gasteiger partial charge in [0.05, 0.1) is 10.9 Å². The third kappa shape index (κ3) is 1.56. The Balaban J connectivity index is 2.29. The maximum atomic E-state index is 12.5. The summed E-state index contributed by atoms with van der Waals surface area (Å²) in [6, 6.07) is 7.70. The smallest absolute Gasteiger partial charge is 0.259 e. The lowest BCUT2D eigenvalue weighted by Crippen LogP contribution is -2.32. The molecule has 0 unspecified atom stereocenters. The molecule has 0 radical (unpaired) electrons. The summed E-state index contributed by atoms with van der Waals surface area (Å²) in [5, 5.41) is 5.77. The van der Waals surface area contributed by atoms with Crippen LogP contribution in [0.4, 0.5) is 5.82 Å². The van der Waals surface area contributed by atoms with Crippen LogP contribution in [0.25, 0.3) is 22.7 Å². The number of hydrogen-bond donors (Lipinski definition) is 1. The molecule has 4 heterocycles. The normalized spacial score (nSPS) is 17.0. The molecule has 1 amide bonds. The molecule has 3 aromatic rings. The zero-order chi connectivity index (χ0) is 15.3. The van der Waals surface area contributed by atoms with Crippen molar-refractivity contribution < 1.29 is 4.79 Å². The van der Waals surface area contributed by atoms with Crippen LogP contribution in [0.3, 0.4) is 0 Å². The van der Waals surface area contributed by atoms with E-state index in [0.717, 1.165) is 27.2 Å². The van der Waals surface area contributed by atoms with Crippen molar-refractivity contribution in [3.63, 3.8) is 0 Å². The fourth-order valence-corrected chi connectivity index (χ4v) is 3.12. The number of pyridine rings is 2. The van der Waals surface area contributed by atoms with Gasteiger partial charge in [0.1, 0.15) is 11.5 Å². The highest BCUT2D eigenvalue weighted by atomic mass is 16.2. The number of aryl methyl sites for hydroxylation is 1. The van der Waals surface area contributed by atoms with E-state index in [-0.39, 0.29) is 5.91 Å². The van der Waals surface area contributed by atoms with Crippen LogP contribution in [0.1, 0.15) is 12.5 Å². The van der Waals surface area contributed by atoms with Crippen molar-refractivity contribution in [1.82, 2.24) is 14.5 Å². The van der Waals surface area contributed by atoms with Crippen molar-refractivity contribution in [2.75, 3.05) is 5.32 Å². The van der Waals surface area contributed by atoms with Crippen LogP contribution in [-0.4, -0.2) is 20.4 Å². The number of aromatic nitrogens is 3. The Labute approximate surface area is 126 Å². The molecule has 0 saturated carbocycles. The quantitative estimate of drug-likeness (QED) is 0.670. The highest BCUT2D eigenvalue weighted by molar-refractivity contribution is 6.30. The minimum atomic E-state index is -0.122. The second-order valence-electron chi connectivity index (χ2n) is 5.21. The molecule has 0 spiro atoms. The van der Waals surface area contributed by atoms with Gasteiger partial charge in [-0.25, -0.2) is 9.97 Å². The number of anilines is 1. The van der Waals surface area contributed by atoms with Crippen LogP contribution >= 0.6 is 0 Å². The minimum Gasteiger partial charge on any atom is -0.328 e. The summed E-state index contributed by atoms with van der Waals surface area (Å²) in [5.74, 6) is 0.491. The van der Waals surface area contributed by atoms with Gasteiger partial charge in [-0.2, -0.15) is 0 Å². The number of nitrogens with zero attached hydrogens (tertiary/aromatic N) is 3. The summed E-state index contributed by atoms with van der Waals surface area (Å²) in [5.41, 5.74) is 2.35. The predicted molar refractivity (Wildman–Crippen MR) is 85.5 cm³/mol. The van der Waals surface area contributed by atoms with Gasteiger partial charge in [0.25, 0.3) is 5.91 Å². The zero-order valence-electron chi connectivity index (χ0n) is 12.3. The number of hydrogen-bond acceptors (Lipinski definition) is 3. The highest BCUT2D eigenvalue weighted by Gasteiger charge is 2.27. The van der Waals surface area contributed by atoms with Crippen molar-refractivity contribution >= 4 is 34.4 Å². The van der Waals surface area contributed by atoms with Crippen molar-refractivity contribution in [2.45, 2.75) is 6.92 Å². The van der Waals surface area contributed by atoms with Gasteiger partial charge in [0.2, 0.25) is 0 Å². The summed E-state index contributed by atoms with van der Waals surface area (Å²) in [6.45, 7) is 1.98. The molecular weight excluding hydrogens is 276 g/mol. The average Bonchev–Trinajstić information content (AvgIpc) is 3.01. The van der Waals surface area contributed by atoms with Gasteiger partial charge in [-0.05, 0) is 31.2 Å². The fraction of sp³-hybridized carbons (Fsp3) is 0.118. The molecule has 0 aromatic carbocycles. The lowest BCUT2D eigenvalue weighted by Gasteiger charge is -1.99. The Morgan fingerprint density at radius 3 is 2.77 bits per heavy atom. The molecule has 108 valence electrons. The monoisotopic (exact) mass is 290 g/mol. The summed E-state index contributed by atoms with van der Waals surface area (Å²) in [6.07, 6.45) is 5.46. The lowest BCUT2D eigenvalue weighted by atomic mass is 10.1. The molecule has 1 N–H and O–H groups in total. The van der Waals surface area contributed by atoms with Crippen molar-refractivity contribution in [2.24, 2.45) is 7.05 Å². The Bertz CT molecular complexity index is 1050. The van der Waals surface area contributed by atoms with Crippen LogP contribution in [0.2, 0.25) is 0 Å². The molecule has 1 aliphatic rings. The van der Waals surface area contributed by atoms with E-state index in [4.69, 9.17) is 0 Å². The average molecular weight is 290 g/mol. The fourth-order valence-electron chi connectivity index (χ4n) is 3.12. The second-order valence-corrected chi connectivity index (χ2v) is 5.21. The summed E-state index contributed by atoms with van der Waals surface area (Å²) >= 11 is 0. The Morgan fingerprint density at radius 2 is 1.95 bits per heavy atom. The second kappa shape index (κ2) is 4.53. The highest BCUT2D eigenvalue weighted by Crippen LogP contribution is 2.27. The van der Waals surface area contributed by atoms with E-state index in [1.807, 2.05) is 48.9 Å². The lowest BCUT2D eigenvalue weighted by molar-refractivity contribution is -0.110. The van der Waals surface area contributed by atoms with Gasteiger partial charge < -0.3 is 9.88 Å². The van der Waals surface area contributed by atoms with Gasteiger partial charge in [-0.3, -0.25) is 4.79 Å². The van der Waals surface area contributed by atoms with Crippen molar-refractivity contribution in [1.29, 1.82) is 0 Å². The first-order chi connectivity index (χ1) is 10.7. The first kappa shape index (κ1) is 12.8. The van der Waals surface area contributed by atoms with Gasteiger partial charge in [-0.1, -0.05) is 6.08 Å². The van der Waals surface area contributed by atoms with Crippen LogP contribution < -0.4 is 15.9 Å². The molecule has 0 fully saturated rings. The van der Waals surface area contributed by atoms with Crippen LogP contribution in [0, 0.1) is 0 Å². The molecule has 5 heteroatoms. The summed E-state index contributed by atoms with van der Waals surface area (Å²) in [4.78, 5) is 21.2. The van der Waals surface area contributed by atoms with Crippen molar-refractivity contribution in [3.05, 3.63) is 52.8 Å². The van der Waals surface area contributed by atoms with E-state index < -0.39 is 0 Å². The molecule has 4 rings (SSSR count). The molecule has 22 heavy (non-hydrogen) atoms. The first-order valence-electron chi connectivity index (χ1n) is 7.09. The predicted octanol–water partition coefficient (Wildman–Crippen LogP) is 0.920. The standard InChI is InChI=1S/C17H14N4O/c1-3-10-11-6-4-9-19-16(11)21(2)14(10)13-12-7-5-8-18-15(12)20-17(13)22/h3-9H,1-2H3,(H,18,20,22)/b10-3+,14-13-. The van der Waals surface area contributed by atoms with Gasteiger partial charge >= 0.3 is 0 Å². The number of rotatable bonds is 0. The van der Waals surface area contributed by atoms with E-state index >= 15 is 0 Å². The SMILES string of the molecule is C/C=c1/c(=C2/C(=O)Nc3ncccc32)n(C)c2ncccc12. The van der Waals surface area contributed by atoms with Gasteiger partial charge in [-0.15, -0.1) is 0 Å². The van der Waals surface area contributed by atoms with E-state index in [1.165, 1.54) is 0 Å². The van der Waals surface area contributed by atoms with Gasteiger partial charge in [0.15, 0.2) is 0 Å². The number of nitrogens with one attached hydrogen (secondary N) is 1. The molecule has 0 aliphatic carbocycles. The first-order valence-corrected chi connectivity index (χ1v) is 7.09. The number of carbonyl (C=O) groups is 1. The topological polar surface area (TPSA) is 59.8 Å². The molecule has 0 saturated heterocycles. The Morgan fingerprint density at radius 1 is 1.18 bits per heavy atom. The molecule has 0 bridgehead atoms. The third-order valence-corrected chi connectivity index (χ3v) is 4.05. The third-order valence-electron chi connectivity index (χ3n) is 4.05. The molecule has 1 aliphatic heterocycles. The van der Waals surface area contributed by atoms with Crippen LogP contribution in [0.5, 0.6) is 0 Å². The molecule has 5 nitrogen and oxygen atoms in total. The largest absolute Gasteiger partial charge is 0.328 e. The molecule has 0 atom stereocenters. The van der Waals surface area contributed by atoms with E-state index in [9.17, 15) is 4.79 Å².